The number of aromatic nitrogens is 1. The zero-order valence-electron chi connectivity index (χ0n) is 17.1. The Labute approximate surface area is 166 Å². The number of carbonyl (C=O) groups is 2. The van der Waals surface area contributed by atoms with Crippen molar-refractivity contribution in [1.29, 1.82) is 0 Å². The minimum atomic E-state index is -0.149. The van der Waals surface area contributed by atoms with Crippen molar-refractivity contribution in [1.82, 2.24) is 5.16 Å². The number of hydrogen-bond acceptors (Lipinski definition) is 6. The maximum Gasteiger partial charge on any atom is 0.168 e. The van der Waals surface area contributed by atoms with Crippen LogP contribution in [0.25, 0.3) is 0 Å². The Kier molecular flexibility index (Phi) is 6.16. The third-order valence-corrected chi connectivity index (χ3v) is 5.47. The van der Waals surface area contributed by atoms with Gasteiger partial charge in [-0.05, 0) is 24.7 Å². The summed E-state index contributed by atoms with van der Waals surface area (Å²) in [5.41, 5.74) is 2.10. The Bertz CT molecular complexity index is 830. The van der Waals surface area contributed by atoms with E-state index in [2.05, 4.69) is 30.9 Å². The predicted molar refractivity (Wildman–Crippen MR) is 107 cm³/mol. The number of unbranched alkanes of at least 4 members (excludes halogenated alkanes) is 1. The largest absolute Gasteiger partial charge is 0.511 e. The molecule has 0 amide bonds. The Morgan fingerprint density at radius 3 is 2.75 bits per heavy atom. The van der Waals surface area contributed by atoms with E-state index in [-0.39, 0.29) is 29.2 Å². The Balaban J connectivity index is 1.82. The maximum absolute atomic E-state index is 12.8. The van der Waals surface area contributed by atoms with Gasteiger partial charge in [-0.1, -0.05) is 32.3 Å². The number of hydrogen-bond donors (Lipinski definition) is 1. The number of allylic oxidation sites excluding steroid dienone is 2. The van der Waals surface area contributed by atoms with Crippen LogP contribution in [-0.2, 0) is 17.6 Å². The van der Waals surface area contributed by atoms with Gasteiger partial charge in [0.2, 0.25) is 0 Å². The molecule has 6 nitrogen and oxygen atoms in total. The molecule has 1 heterocycles. The van der Waals surface area contributed by atoms with Gasteiger partial charge in [-0.2, -0.15) is 0 Å². The van der Waals surface area contributed by atoms with E-state index in [9.17, 15) is 14.7 Å². The van der Waals surface area contributed by atoms with Crippen LogP contribution in [0.1, 0.15) is 87.5 Å². The van der Waals surface area contributed by atoms with E-state index in [0.717, 1.165) is 25.7 Å². The number of rotatable bonds is 6. The van der Waals surface area contributed by atoms with Gasteiger partial charge in [0.15, 0.2) is 11.6 Å². The van der Waals surface area contributed by atoms with Gasteiger partial charge < -0.3 is 9.63 Å². The molecule has 0 radical (unpaired) electrons. The van der Waals surface area contributed by atoms with Crippen LogP contribution in [-0.4, -0.2) is 34.1 Å². The molecule has 152 valence electrons. The molecule has 1 aromatic rings. The summed E-state index contributed by atoms with van der Waals surface area (Å²) in [7, 11) is 0. The number of Topliss-reactive ketones (excluding diaryl/α,β-unsaturated/α-hetero) is 2. The van der Waals surface area contributed by atoms with Crippen LogP contribution >= 0.6 is 0 Å². The molecule has 1 aromatic heterocycles. The van der Waals surface area contributed by atoms with Crippen molar-refractivity contribution in [3.8, 4) is 0 Å². The molecule has 3 rings (SSSR count). The number of nitrogens with zero attached hydrogens (tertiary/aromatic N) is 2. The minimum Gasteiger partial charge on any atom is -0.511 e. The van der Waals surface area contributed by atoms with E-state index < -0.39 is 0 Å². The SMILES string of the molecule is CCCCN=C1CC(C)(C)CC(=O)/C1=C(\O)CCc1noc2c1C(=O)CCC2. The molecular formula is C22H30N2O4. The quantitative estimate of drug-likeness (QED) is 0.439. The summed E-state index contributed by atoms with van der Waals surface area (Å²) in [5.74, 6) is 0.704. The first kappa shape index (κ1) is 20.5. The van der Waals surface area contributed by atoms with E-state index in [1.165, 1.54) is 0 Å². The number of fused-ring (bicyclic) bond motifs is 1. The lowest BCUT2D eigenvalue weighted by Crippen LogP contribution is -2.33. The second kappa shape index (κ2) is 8.41. The predicted octanol–water partition coefficient (Wildman–Crippen LogP) is 4.57. The summed E-state index contributed by atoms with van der Waals surface area (Å²) in [4.78, 5) is 29.6. The van der Waals surface area contributed by atoms with Crippen molar-refractivity contribution < 1.29 is 19.2 Å². The number of aliphatic hydroxyl groups excluding tert-OH is 1. The summed E-state index contributed by atoms with van der Waals surface area (Å²) in [5, 5.41) is 14.8. The molecular weight excluding hydrogens is 356 g/mol. The summed E-state index contributed by atoms with van der Waals surface area (Å²) in [6, 6.07) is 0. The molecule has 0 bridgehead atoms. The Morgan fingerprint density at radius 1 is 1.21 bits per heavy atom. The first-order valence-corrected chi connectivity index (χ1v) is 10.3. The van der Waals surface area contributed by atoms with Crippen LogP contribution in [0.15, 0.2) is 20.8 Å². The molecule has 0 saturated heterocycles. The monoisotopic (exact) mass is 386 g/mol. The Hall–Kier alpha value is -2.24. The number of aliphatic imine (C=N–C) groups is 1. The highest BCUT2D eigenvalue weighted by Gasteiger charge is 2.36. The zero-order valence-corrected chi connectivity index (χ0v) is 17.1. The lowest BCUT2D eigenvalue weighted by molar-refractivity contribution is -0.117. The fourth-order valence-corrected chi connectivity index (χ4v) is 4.04. The second-order valence-corrected chi connectivity index (χ2v) is 8.65. The van der Waals surface area contributed by atoms with Crippen LogP contribution < -0.4 is 0 Å². The molecule has 1 saturated carbocycles. The average Bonchev–Trinajstić information content (AvgIpc) is 3.03. The summed E-state index contributed by atoms with van der Waals surface area (Å²) in [6.45, 7) is 6.88. The Morgan fingerprint density at radius 2 is 2.00 bits per heavy atom. The fraction of sp³-hybridized carbons (Fsp3) is 0.636. The van der Waals surface area contributed by atoms with E-state index in [1.54, 1.807) is 0 Å². The van der Waals surface area contributed by atoms with Crippen LogP contribution in [0.4, 0.5) is 0 Å². The van der Waals surface area contributed by atoms with Crippen molar-refractivity contribution >= 4 is 17.3 Å². The van der Waals surface area contributed by atoms with E-state index >= 15 is 0 Å². The maximum atomic E-state index is 12.8. The van der Waals surface area contributed by atoms with E-state index in [4.69, 9.17) is 4.52 Å². The standard InChI is InChI=1S/C22H30N2O4/c1-4-5-11-23-15-12-22(2,3)13-18(27)20(15)17(26)10-9-14-21-16(25)7-6-8-19(21)28-24-14/h26H,4-13H2,1-3H3/b20-17-,23-15?. The van der Waals surface area contributed by atoms with Gasteiger partial charge in [0.25, 0.3) is 0 Å². The summed E-state index contributed by atoms with van der Waals surface area (Å²) >= 11 is 0. The molecule has 0 aromatic carbocycles. The highest BCUT2D eigenvalue weighted by molar-refractivity contribution is 6.24. The van der Waals surface area contributed by atoms with E-state index in [1.807, 2.05) is 0 Å². The van der Waals surface area contributed by atoms with Gasteiger partial charge in [0, 0.05) is 44.4 Å². The summed E-state index contributed by atoms with van der Waals surface area (Å²) < 4.78 is 5.31. The van der Waals surface area contributed by atoms with Crippen LogP contribution in [0, 0.1) is 5.41 Å². The lowest BCUT2D eigenvalue weighted by Gasteiger charge is -2.31. The molecule has 1 fully saturated rings. The van der Waals surface area contributed by atoms with Crippen LogP contribution in [0.2, 0.25) is 0 Å². The van der Waals surface area contributed by atoms with Crippen molar-refractivity contribution in [3.63, 3.8) is 0 Å². The van der Waals surface area contributed by atoms with Gasteiger partial charge in [-0.25, -0.2) is 0 Å². The second-order valence-electron chi connectivity index (χ2n) is 8.65. The third kappa shape index (κ3) is 4.42. The van der Waals surface area contributed by atoms with Gasteiger partial charge in [-0.3, -0.25) is 14.6 Å². The first-order chi connectivity index (χ1) is 13.3. The van der Waals surface area contributed by atoms with E-state index in [0.29, 0.717) is 60.5 Å². The van der Waals surface area contributed by atoms with Crippen LogP contribution in [0.5, 0.6) is 0 Å². The summed E-state index contributed by atoms with van der Waals surface area (Å²) in [6.07, 6.45) is 5.72. The molecule has 6 heteroatoms. The fourth-order valence-electron chi connectivity index (χ4n) is 4.04. The first-order valence-electron chi connectivity index (χ1n) is 10.3. The number of aryl methyl sites for hydroxylation is 2. The van der Waals surface area contributed by atoms with Crippen LogP contribution in [0.3, 0.4) is 0 Å². The number of carbonyl (C=O) groups excluding carboxylic acids is 2. The smallest absolute Gasteiger partial charge is 0.168 e. The molecule has 28 heavy (non-hydrogen) atoms. The molecule has 0 aliphatic heterocycles. The lowest BCUT2D eigenvalue weighted by atomic mass is 9.73. The average molecular weight is 386 g/mol. The number of aliphatic hydroxyl groups is 1. The highest BCUT2D eigenvalue weighted by Crippen LogP contribution is 2.36. The van der Waals surface area contributed by atoms with Gasteiger partial charge in [0.05, 0.1) is 16.8 Å². The highest BCUT2D eigenvalue weighted by atomic mass is 16.5. The van der Waals surface area contributed by atoms with Crippen molar-refractivity contribution in [2.24, 2.45) is 10.4 Å². The minimum absolute atomic E-state index is 0.0516. The molecule has 0 unspecified atom stereocenters. The van der Waals surface area contributed by atoms with Gasteiger partial charge in [-0.15, -0.1) is 0 Å². The van der Waals surface area contributed by atoms with Crippen molar-refractivity contribution in [3.05, 3.63) is 28.3 Å². The van der Waals surface area contributed by atoms with Crippen molar-refractivity contribution in [2.45, 2.75) is 78.6 Å². The topological polar surface area (TPSA) is 92.8 Å². The molecule has 0 atom stereocenters. The third-order valence-electron chi connectivity index (χ3n) is 5.47. The molecule has 1 N–H and O–H groups in total. The molecule has 2 aliphatic rings. The van der Waals surface area contributed by atoms with Gasteiger partial charge in [0.1, 0.15) is 11.5 Å². The van der Waals surface area contributed by atoms with Crippen molar-refractivity contribution in [2.75, 3.05) is 6.54 Å². The molecule has 0 spiro atoms. The van der Waals surface area contributed by atoms with Gasteiger partial charge >= 0.3 is 0 Å². The normalized spacial score (nSPS) is 22.5. The zero-order chi connectivity index (χ0) is 20.3. The molecule has 2 aliphatic carbocycles. The number of ketones is 2.